The van der Waals surface area contributed by atoms with Gasteiger partial charge < -0.3 is 4.57 Å². The fraction of sp³-hybridized carbons (Fsp3) is 0.130. The summed E-state index contributed by atoms with van der Waals surface area (Å²) in [5, 5.41) is 9.49. The predicted octanol–water partition coefficient (Wildman–Crippen LogP) is 5.19. The van der Waals surface area contributed by atoms with Crippen LogP contribution in [0.5, 0.6) is 0 Å². The summed E-state index contributed by atoms with van der Waals surface area (Å²) >= 11 is 0. The molecule has 0 saturated heterocycles. The van der Waals surface area contributed by atoms with Crippen molar-refractivity contribution in [1.82, 2.24) is 4.57 Å². The van der Waals surface area contributed by atoms with E-state index in [9.17, 15) is 10.1 Å². The number of aryl methyl sites for hydroxylation is 2. The molecule has 1 heterocycles. The SMILES string of the molecule is Cc1cccc(-n2c(C)cc(/C=C(/C#N)C(=O)c3ccccc3)c2C)c1. The van der Waals surface area contributed by atoms with Gasteiger partial charge in [-0.3, -0.25) is 4.79 Å². The molecule has 3 heteroatoms. The molecule has 0 amide bonds. The monoisotopic (exact) mass is 340 g/mol. The molecule has 0 unspecified atom stereocenters. The Labute approximate surface area is 153 Å². The van der Waals surface area contributed by atoms with Crippen molar-refractivity contribution in [2.75, 3.05) is 0 Å². The number of carbonyl (C=O) groups is 1. The standard InChI is InChI=1S/C23H20N2O/c1-16-8-7-11-22(12-16)25-17(2)13-20(18(25)3)14-21(15-24)23(26)19-9-5-4-6-10-19/h4-14H,1-3H3/b21-14-. The third-order valence-electron chi connectivity index (χ3n) is 4.43. The van der Waals surface area contributed by atoms with Gasteiger partial charge in [-0.1, -0.05) is 42.5 Å². The molecule has 3 aromatic rings. The maximum atomic E-state index is 12.6. The maximum absolute atomic E-state index is 12.6. The van der Waals surface area contributed by atoms with Gasteiger partial charge in [0.15, 0.2) is 0 Å². The molecule has 3 nitrogen and oxygen atoms in total. The summed E-state index contributed by atoms with van der Waals surface area (Å²) in [6.45, 7) is 6.09. The van der Waals surface area contributed by atoms with Gasteiger partial charge >= 0.3 is 0 Å². The minimum absolute atomic E-state index is 0.140. The van der Waals surface area contributed by atoms with E-state index in [1.807, 2.05) is 32.0 Å². The molecule has 2 aromatic carbocycles. The number of nitrogens with zero attached hydrogens (tertiary/aromatic N) is 2. The van der Waals surface area contributed by atoms with Crippen LogP contribution in [0.4, 0.5) is 0 Å². The third-order valence-corrected chi connectivity index (χ3v) is 4.43. The normalized spacial score (nSPS) is 11.2. The van der Waals surface area contributed by atoms with Crippen LogP contribution in [-0.4, -0.2) is 10.4 Å². The van der Waals surface area contributed by atoms with Crippen LogP contribution in [0.2, 0.25) is 0 Å². The lowest BCUT2D eigenvalue weighted by Gasteiger charge is -2.10. The third kappa shape index (κ3) is 3.36. The van der Waals surface area contributed by atoms with Gasteiger partial charge in [0.25, 0.3) is 0 Å². The van der Waals surface area contributed by atoms with Gasteiger partial charge in [0, 0.05) is 22.6 Å². The highest BCUT2D eigenvalue weighted by Crippen LogP contribution is 2.24. The second-order valence-corrected chi connectivity index (χ2v) is 6.37. The zero-order chi connectivity index (χ0) is 18.7. The van der Waals surface area contributed by atoms with Crippen molar-refractivity contribution >= 4 is 11.9 Å². The molecule has 0 aliphatic rings. The van der Waals surface area contributed by atoms with E-state index in [-0.39, 0.29) is 11.4 Å². The number of Topliss-reactive ketones (excluding diaryl/α,β-unsaturated/α-hetero) is 1. The van der Waals surface area contributed by atoms with Crippen LogP contribution >= 0.6 is 0 Å². The number of benzene rings is 2. The zero-order valence-electron chi connectivity index (χ0n) is 15.2. The molecular formula is C23H20N2O. The van der Waals surface area contributed by atoms with Crippen LogP contribution in [0, 0.1) is 32.1 Å². The van der Waals surface area contributed by atoms with Crippen LogP contribution in [0.3, 0.4) is 0 Å². The van der Waals surface area contributed by atoms with Crippen molar-refractivity contribution in [2.45, 2.75) is 20.8 Å². The summed E-state index contributed by atoms with van der Waals surface area (Å²) < 4.78 is 2.14. The van der Waals surface area contributed by atoms with E-state index in [2.05, 4.69) is 35.8 Å². The number of ketones is 1. The molecule has 128 valence electrons. The van der Waals surface area contributed by atoms with Crippen molar-refractivity contribution < 1.29 is 4.79 Å². The highest BCUT2D eigenvalue weighted by molar-refractivity contribution is 6.14. The lowest BCUT2D eigenvalue weighted by atomic mass is 10.0. The fourth-order valence-corrected chi connectivity index (χ4v) is 3.15. The van der Waals surface area contributed by atoms with Crippen LogP contribution in [-0.2, 0) is 0 Å². The minimum Gasteiger partial charge on any atom is -0.318 e. The lowest BCUT2D eigenvalue weighted by molar-refractivity contribution is 0.104. The molecular weight excluding hydrogens is 320 g/mol. The molecule has 26 heavy (non-hydrogen) atoms. The number of rotatable bonds is 4. The number of nitriles is 1. The quantitative estimate of drug-likeness (QED) is 0.372. The fourth-order valence-electron chi connectivity index (χ4n) is 3.15. The van der Waals surface area contributed by atoms with E-state index in [0.717, 1.165) is 22.6 Å². The van der Waals surface area contributed by atoms with Gasteiger partial charge in [-0.15, -0.1) is 0 Å². The molecule has 0 spiro atoms. The molecule has 0 saturated carbocycles. The Morgan fingerprint density at radius 2 is 1.73 bits per heavy atom. The first-order valence-corrected chi connectivity index (χ1v) is 8.49. The van der Waals surface area contributed by atoms with Gasteiger partial charge in [-0.25, -0.2) is 0 Å². The average Bonchev–Trinajstić information content (AvgIpc) is 2.93. The number of allylic oxidation sites excluding steroid dienone is 1. The second-order valence-electron chi connectivity index (χ2n) is 6.37. The second kappa shape index (κ2) is 7.25. The Hall–Kier alpha value is -3.38. The summed E-state index contributed by atoms with van der Waals surface area (Å²) in [6.07, 6.45) is 1.68. The molecule has 3 rings (SSSR count). The maximum Gasteiger partial charge on any atom is 0.203 e. The first-order chi connectivity index (χ1) is 12.5. The smallest absolute Gasteiger partial charge is 0.203 e. The summed E-state index contributed by atoms with van der Waals surface area (Å²) in [5.41, 5.74) is 5.86. The molecule has 0 bridgehead atoms. The van der Waals surface area contributed by atoms with E-state index >= 15 is 0 Å². The highest BCUT2D eigenvalue weighted by atomic mass is 16.1. The average molecular weight is 340 g/mol. The van der Waals surface area contributed by atoms with Crippen LogP contribution in [0.1, 0.15) is 32.9 Å². The van der Waals surface area contributed by atoms with Crippen LogP contribution < -0.4 is 0 Å². The van der Waals surface area contributed by atoms with E-state index in [1.165, 1.54) is 5.56 Å². The molecule has 0 N–H and O–H groups in total. The molecule has 0 fully saturated rings. The summed E-state index contributed by atoms with van der Waals surface area (Å²) in [7, 11) is 0. The first-order valence-electron chi connectivity index (χ1n) is 8.49. The van der Waals surface area contributed by atoms with E-state index < -0.39 is 0 Å². The van der Waals surface area contributed by atoms with E-state index in [4.69, 9.17) is 0 Å². The molecule has 1 aromatic heterocycles. The summed E-state index contributed by atoms with van der Waals surface area (Å²) in [6, 6.07) is 21.2. The van der Waals surface area contributed by atoms with Crippen molar-refractivity contribution in [3.05, 3.63) is 94.3 Å². The van der Waals surface area contributed by atoms with Gasteiger partial charge in [0.2, 0.25) is 5.78 Å². The summed E-state index contributed by atoms with van der Waals surface area (Å²) in [5.74, 6) is -0.256. The Morgan fingerprint density at radius 3 is 2.38 bits per heavy atom. The van der Waals surface area contributed by atoms with Gasteiger partial charge in [-0.05, 0) is 56.2 Å². The lowest BCUT2D eigenvalue weighted by Crippen LogP contribution is -2.02. The minimum atomic E-state index is -0.256. The largest absolute Gasteiger partial charge is 0.318 e. The molecule has 0 radical (unpaired) electrons. The molecule has 0 atom stereocenters. The van der Waals surface area contributed by atoms with Crippen molar-refractivity contribution in [3.8, 4) is 11.8 Å². The van der Waals surface area contributed by atoms with Gasteiger partial charge in [0.1, 0.15) is 11.6 Å². The van der Waals surface area contributed by atoms with Gasteiger partial charge in [-0.2, -0.15) is 5.26 Å². The Kier molecular flexibility index (Phi) is 4.86. The molecule has 0 aliphatic heterocycles. The van der Waals surface area contributed by atoms with Gasteiger partial charge in [0.05, 0.1) is 0 Å². The predicted molar refractivity (Wildman–Crippen MR) is 104 cm³/mol. The van der Waals surface area contributed by atoms with Crippen molar-refractivity contribution in [2.24, 2.45) is 0 Å². The summed E-state index contributed by atoms with van der Waals surface area (Å²) in [4.78, 5) is 12.6. The van der Waals surface area contributed by atoms with E-state index in [0.29, 0.717) is 5.56 Å². The van der Waals surface area contributed by atoms with Crippen LogP contribution in [0.15, 0.2) is 66.2 Å². The topological polar surface area (TPSA) is 45.8 Å². The first kappa shape index (κ1) is 17.4. The van der Waals surface area contributed by atoms with Crippen molar-refractivity contribution in [1.29, 1.82) is 5.26 Å². The zero-order valence-corrected chi connectivity index (χ0v) is 15.2. The van der Waals surface area contributed by atoms with Crippen LogP contribution in [0.25, 0.3) is 11.8 Å². The number of aromatic nitrogens is 1. The Bertz CT molecular complexity index is 1030. The number of hydrogen-bond acceptors (Lipinski definition) is 2. The number of carbonyl (C=O) groups excluding carboxylic acids is 1. The number of hydrogen-bond donors (Lipinski definition) is 0. The molecule has 0 aliphatic carbocycles. The Balaban J connectivity index is 2.05. The van der Waals surface area contributed by atoms with Crippen molar-refractivity contribution in [3.63, 3.8) is 0 Å². The van der Waals surface area contributed by atoms with E-state index in [1.54, 1.807) is 30.3 Å². The highest BCUT2D eigenvalue weighted by Gasteiger charge is 2.15. The Morgan fingerprint density at radius 1 is 1.00 bits per heavy atom.